The highest BCUT2D eigenvalue weighted by Gasteiger charge is 2.29. The van der Waals surface area contributed by atoms with Gasteiger partial charge in [-0.2, -0.15) is 0 Å². The molecule has 1 aromatic heterocycles. The second-order valence-corrected chi connectivity index (χ2v) is 9.63. The van der Waals surface area contributed by atoms with Crippen LogP contribution in [0.4, 0.5) is 11.4 Å². The van der Waals surface area contributed by atoms with E-state index in [1.807, 2.05) is 6.07 Å². The summed E-state index contributed by atoms with van der Waals surface area (Å²) in [6, 6.07) is 16.9. The lowest BCUT2D eigenvalue weighted by Gasteiger charge is -2.19. The lowest BCUT2D eigenvalue weighted by atomic mass is 9.87. The molecule has 0 saturated heterocycles. The quantitative estimate of drug-likeness (QED) is 0.532. The molecular formula is C23H24N2O2S. The molecule has 2 N–H and O–H groups in total. The number of anilines is 2. The topological polar surface area (TPSA) is 42.5 Å². The first-order valence-electron chi connectivity index (χ1n) is 9.58. The summed E-state index contributed by atoms with van der Waals surface area (Å²) in [5, 5.41) is 6.98. The lowest BCUT2D eigenvalue weighted by Crippen LogP contribution is -2.11. The molecule has 2 unspecified atom stereocenters. The van der Waals surface area contributed by atoms with E-state index in [1.165, 1.54) is 11.1 Å². The van der Waals surface area contributed by atoms with Crippen molar-refractivity contribution in [1.82, 2.24) is 0 Å². The van der Waals surface area contributed by atoms with E-state index in [0.29, 0.717) is 0 Å². The third-order valence-corrected chi connectivity index (χ3v) is 6.38. The van der Waals surface area contributed by atoms with E-state index >= 15 is 0 Å². The van der Waals surface area contributed by atoms with Crippen molar-refractivity contribution in [2.45, 2.75) is 45.6 Å². The Labute approximate surface area is 169 Å². The van der Waals surface area contributed by atoms with Crippen LogP contribution in [0.1, 0.15) is 54.1 Å². The number of ether oxygens (including phenoxy) is 2. The van der Waals surface area contributed by atoms with Gasteiger partial charge < -0.3 is 20.1 Å². The fourth-order valence-electron chi connectivity index (χ4n) is 3.58. The van der Waals surface area contributed by atoms with Crippen LogP contribution in [0.5, 0.6) is 11.5 Å². The second kappa shape index (κ2) is 6.17. The zero-order chi connectivity index (χ0) is 19.5. The average molecular weight is 393 g/mol. The van der Waals surface area contributed by atoms with Gasteiger partial charge in [-0.25, -0.2) is 0 Å². The van der Waals surface area contributed by atoms with Crippen LogP contribution in [0, 0.1) is 6.92 Å². The van der Waals surface area contributed by atoms with Crippen molar-refractivity contribution < 1.29 is 9.47 Å². The average Bonchev–Trinajstić information content (AvgIpc) is 3.36. The third-order valence-electron chi connectivity index (χ3n) is 5.21. The smallest absolute Gasteiger partial charge is 0.205 e. The van der Waals surface area contributed by atoms with Gasteiger partial charge in [0.15, 0.2) is 0 Å². The zero-order valence-electron chi connectivity index (χ0n) is 16.5. The van der Waals surface area contributed by atoms with Crippen LogP contribution in [0.15, 0.2) is 48.5 Å². The van der Waals surface area contributed by atoms with Crippen molar-refractivity contribution in [3.8, 4) is 11.5 Å². The molecule has 3 aromatic rings. The fraction of sp³-hybridized carbons (Fsp3) is 0.304. The second-order valence-electron chi connectivity index (χ2n) is 8.49. The van der Waals surface area contributed by atoms with Gasteiger partial charge in [-0.3, -0.25) is 0 Å². The van der Waals surface area contributed by atoms with Gasteiger partial charge in [0, 0.05) is 0 Å². The third kappa shape index (κ3) is 3.00. The van der Waals surface area contributed by atoms with E-state index in [2.05, 4.69) is 80.8 Å². The number of hydrogen-bond acceptors (Lipinski definition) is 5. The van der Waals surface area contributed by atoms with Gasteiger partial charge in [-0.1, -0.05) is 32.9 Å². The summed E-state index contributed by atoms with van der Waals surface area (Å²) >= 11 is 1.71. The summed E-state index contributed by atoms with van der Waals surface area (Å²) in [6.45, 7) is 8.76. The molecule has 0 fully saturated rings. The Bertz CT molecular complexity index is 1050. The highest BCUT2D eigenvalue weighted by molar-refractivity contribution is 7.12. The van der Waals surface area contributed by atoms with Gasteiger partial charge >= 0.3 is 0 Å². The van der Waals surface area contributed by atoms with Gasteiger partial charge in [0.05, 0.1) is 21.1 Å². The molecule has 0 bridgehead atoms. The van der Waals surface area contributed by atoms with Crippen LogP contribution in [0.2, 0.25) is 0 Å². The SMILES string of the molecule is Cc1ccc2c(c1)NC(c1ccc(C3Nc4cc(C(C)(C)C)ccc4O3)s1)O2. The number of aryl methyl sites for hydroxylation is 1. The Kier molecular flexibility index (Phi) is 3.85. The predicted molar refractivity (Wildman–Crippen MR) is 115 cm³/mol. The number of rotatable bonds is 2. The Hall–Kier alpha value is -2.66. The number of nitrogens with one attached hydrogen (secondary N) is 2. The molecule has 28 heavy (non-hydrogen) atoms. The van der Waals surface area contributed by atoms with Crippen molar-refractivity contribution in [2.75, 3.05) is 10.6 Å². The largest absolute Gasteiger partial charge is 0.463 e. The Balaban J connectivity index is 1.33. The molecule has 2 aliphatic heterocycles. The van der Waals surface area contributed by atoms with Crippen LogP contribution in [-0.4, -0.2) is 0 Å². The van der Waals surface area contributed by atoms with E-state index in [-0.39, 0.29) is 17.9 Å². The van der Waals surface area contributed by atoms with Crippen LogP contribution in [0.25, 0.3) is 0 Å². The van der Waals surface area contributed by atoms with Gasteiger partial charge in [-0.05, 0) is 59.9 Å². The molecule has 2 aromatic carbocycles. The van der Waals surface area contributed by atoms with Gasteiger partial charge in [0.25, 0.3) is 0 Å². The van der Waals surface area contributed by atoms with Crippen molar-refractivity contribution in [2.24, 2.45) is 0 Å². The van der Waals surface area contributed by atoms with E-state index in [0.717, 1.165) is 32.6 Å². The highest BCUT2D eigenvalue weighted by atomic mass is 32.1. The molecular weight excluding hydrogens is 368 g/mol. The van der Waals surface area contributed by atoms with Crippen molar-refractivity contribution in [1.29, 1.82) is 0 Å². The first kappa shape index (κ1) is 17.4. The normalized spacial score (nSPS) is 19.9. The molecule has 5 rings (SSSR count). The van der Waals surface area contributed by atoms with Crippen LogP contribution >= 0.6 is 11.3 Å². The molecule has 2 atom stereocenters. The van der Waals surface area contributed by atoms with Crippen molar-refractivity contribution >= 4 is 22.7 Å². The molecule has 0 aliphatic carbocycles. The first-order valence-corrected chi connectivity index (χ1v) is 10.4. The maximum atomic E-state index is 6.15. The van der Waals surface area contributed by atoms with Crippen LogP contribution < -0.4 is 20.1 Å². The molecule has 0 spiro atoms. The van der Waals surface area contributed by atoms with E-state index in [1.54, 1.807) is 11.3 Å². The fourth-order valence-corrected chi connectivity index (χ4v) is 4.55. The maximum absolute atomic E-state index is 6.15. The van der Waals surface area contributed by atoms with E-state index in [4.69, 9.17) is 9.47 Å². The summed E-state index contributed by atoms with van der Waals surface area (Å²) < 4.78 is 12.2. The van der Waals surface area contributed by atoms with E-state index in [9.17, 15) is 0 Å². The Morgan fingerprint density at radius 1 is 0.786 bits per heavy atom. The Morgan fingerprint density at radius 2 is 1.36 bits per heavy atom. The minimum atomic E-state index is -0.157. The molecule has 0 radical (unpaired) electrons. The standard InChI is InChI=1S/C23H24N2O2S/c1-13-5-7-17-15(11-13)24-21(26-17)19-9-10-20(28-19)22-25-16-12-14(23(2,3)4)6-8-18(16)27-22/h5-12,21-22,24-25H,1-4H3. The molecule has 2 aliphatic rings. The zero-order valence-corrected chi connectivity index (χ0v) is 17.3. The van der Waals surface area contributed by atoms with Gasteiger partial charge in [0.1, 0.15) is 11.5 Å². The summed E-state index contributed by atoms with van der Waals surface area (Å²) in [5.41, 5.74) is 4.75. The molecule has 0 amide bonds. The van der Waals surface area contributed by atoms with Gasteiger partial charge in [-0.15, -0.1) is 11.3 Å². The summed E-state index contributed by atoms with van der Waals surface area (Å²) in [4.78, 5) is 2.28. The molecule has 0 saturated carbocycles. The lowest BCUT2D eigenvalue weighted by molar-refractivity contribution is 0.263. The summed E-state index contributed by atoms with van der Waals surface area (Å²) in [7, 11) is 0. The van der Waals surface area contributed by atoms with Crippen molar-refractivity contribution in [3.05, 3.63) is 69.4 Å². The minimum Gasteiger partial charge on any atom is -0.463 e. The van der Waals surface area contributed by atoms with Crippen LogP contribution in [-0.2, 0) is 5.41 Å². The molecule has 5 heteroatoms. The summed E-state index contributed by atoms with van der Waals surface area (Å²) in [5.74, 6) is 1.81. The predicted octanol–water partition coefficient (Wildman–Crippen LogP) is 6.36. The van der Waals surface area contributed by atoms with E-state index < -0.39 is 0 Å². The molecule has 4 nitrogen and oxygen atoms in total. The minimum absolute atomic E-state index is 0.115. The maximum Gasteiger partial charge on any atom is 0.205 e. The number of fused-ring (bicyclic) bond motifs is 2. The monoisotopic (exact) mass is 392 g/mol. The molecule has 144 valence electrons. The Morgan fingerprint density at radius 3 is 1.96 bits per heavy atom. The van der Waals surface area contributed by atoms with Gasteiger partial charge in [0.2, 0.25) is 12.5 Å². The molecule has 3 heterocycles. The number of benzene rings is 2. The van der Waals surface area contributed by atoms with Crippen LogP contribution in [0.3, 0.4) is 0 Å². The number of thiophene rings is 1. The number of hydrogen-bond donors (Lipinski definition) is 2. The summed E-state index contributed by atoms with van der Waals surface area (Å²) in [6.07, 6.45) is -0.304. The first-order chi connectivity index (χ1) is 13.4. The van der Waals surface area contributed by atoms with Crippen molar-refractivity contribution in [3.63, 3.8) is 0 Å². The highest BCUT2D eigenvalue weighted by Crippen LogP contribution is 2.44.